The molecule has 0 aliphatic rings. The van der Waals surface area contributed by atoms with Gasteiger partial charge in [0, 0.05) is 17.6 Å². The van der Waals surface area contributed by atoms with Crippen LogP contribution >= 0.6 is 0 Å². The van der Waals surface area contributed by atoms with Gasteiger partial charge < -0.3 is 15.2 Å². The average molecular weight is 283 g/mol. The highest BCUT2D eigenvalue weighted by Gasteiger charge is 2.22. The molecular weight excluding hydrogens is 257 g/mol. The number of rotatable bonds is 9. The van der Waals surface area contributed by atoms with Crippen LogP contribution in [0.2, 0.25) is 0 Å². The predicted molar refractivity (Wildman–Crippen MR) is 79.5 cm³/mol. The molecule has 0 saturated carbocycles. The van der Waals surface area contributed by atoms with Gasteiger partial charge in [-0.25, -0.2) is 4.39 Å². The summed E-state index contributed by atoms with van der Waals surface area (Å²) in [5, 5.41) is 12.8. The lowest BCUT2D eigenvalue weighted by atomic mass is 9.95. The van der Waals surface area contributed by atoms with Crippen molar-refractivity contribution in [1.29, 1.82) is 0 Å². The highest BCUT2D eigenvalue weighted by Crippen LogP contribution is 2.16. The molecule has 0 fully saturated rings. The van der Waals surface area contributed by atoms with Gasteiger partial charge in [-0.15, -0.1) is 0 Å². The van der Waals surface area contributed by atoms with Gasteiger partial charge in [-0.05, 0) is 38.3 Å². The Morgan fingerprint density at radius 1 is 1.35 bits per heavy atom. The highest BCUT2D eigenvalue weighted by molar-refractivity contribution is 5.22. The zero-order chi connectivity index (χ0) is 15.0. The third-order valence-corrected chi connectivity index (χ3v) is 3.17. The highest BCUT2D eigenvalue weighted by atomic mass is 19.1. The van der Waals surface area contributed by atoms with Crippen LogP contribution in [0.1, 0.15) is 40.0 Å². The van der Waals surface area contributed by atoms with Gasteiger partial charge in [0.15, 0.2) is 0 Å². The van der Waals surface area contributed by atoms with Gasteiger partial charge >= 0.3 is 0 Å². The van der Waals surface area contributed by atoms with E-state index in [1.807, 2.05) is 6.92 Å². The van der Waals surface area contributed by atoms with Crippen LogP contribution in [0.4, 0.5) is 4.39 Å². The van der Waals surface area contributed by atoms with Crippen LogP contribution in [0.3, 0.4) is 0 Å². The Morgan fingerprint density at radius 3 is 2.70 bits per heavy atom. The van der Waals surface area contributed by atoms with Crippen LogP contribution in [0.25, 0.3) is 0 Å². The zero-order valence-corrected chi connectivity index (χ0v) is 12.7. The molecule has 0 aliphatic heterocycles. The van der Waals surface area contributed by atoms with Crippen LogP contribution in [-0.4, -0.2) is 29.9 Å². The first-order chi connectivity index (χ1) is 9.45. The Kier molecular flexibility index (Phi) is 6.96. The third-order valence-electron chi connectivity index (χ3n) is 3.17. The molecular formula is C16H26FNO2. The van der Waals surface area contributed by atoms with Crippen molar-refractivity contribution in [2.24, 2.45) is 0 Å². The van der Waals surface area contributed by atoms with Crippen molar-refractivity contribution < 1.29 is 14.2 Å². The maximum atomic E-state index is 12.9. The van der Waals surface area contributed by atoms with Gasteiger partial charge in [0.05, 0.1) is 13.2 Å². The number of benzene rings is 1. The first-order valence-corrected chi connectivity index (χ1v) is 7.22. The van der Waals surface area contributed by atoms with Crippen molar-refractivity contribution in [3.05, 3.63) is 30.1 Å². The molecule has 0 bridgehead atoms. The lowest BCUT2D eigenvalue weighted by Crippen LogP contribution is -2.49. The topological polar surface area (TPSA) is 41.5 Å². The van der Waals surface area contributed by atoms with E-state index >= 15 is 0 Å². The van der Waals surface area contributed by atoms with Crippen molar-refractivity contribution in [3.63, 3.8) is 0 Å². The number of unbranched alkanes of at least 4 members (excludes halogenated alkanes) is 1. The molecule has 1 aromatic rings. The Labute approximate surface area is 121 Å². The second-order valence-corrected chi connectivity index (χ2v) is 5.78. The predicted octanol–water partition coefficient (Wildman–Crippen LogP) is 3.12. The first kappa shape index (κ1) is 16.9. The van der Waals surface area contributed by atoms with E-state index in [-0.39, 0.29) is 18.0 Å². The summed E-state index contributed by atoms with van der Waals surface area (Å²) < 4.78 is 18.4. The van der Waals surface area contributed by atoms with Gasteiger partial charge in [-0.2, -0.15) is 0 Å². The minimum absolute atomic E-state index is 0.121. The molecule has 3 nitrogen and oxygen atoms in total. The van der Waals surface area contributed by atoms with Gasteiger partial charge in [-0.3, -0.25) is 0 Å². The number of nitrogens with one attached hydrogen (secondary N) is 1. The molecule has 0 radical (unpaired) electrons. The number of hydrogen-bond acceptors (Lipinski definition) is 3. The molecule has 0 spiro atoms. The van der Waals surface area contributed by atoms with Crippen molar-refractivity contribution in [2.45, 2.75) is 51.6 Å². The normalized spacial score (nSPS) is 14.3. The molecule has 1 rings (SSSR count). The quantitative estimate of drug-likeness (QED) is 0.684. The second kappa shape index (κ2) is 8.22. The summed E-state index contributed by atoms with van der Waals surface area (Å²) in [6, 6.07) is 6.52. The monoisotopic (exact) mass is 283 g/mol. The molecule has 4 heteroatoms. The molecule has 1 unspecified atom stereocenters. The van der Waals surface area contributed by atoms with E-state index in [2.05, 4.69) is 19.2 Å². The zero-order valence-electron chi connectivity index (χ0n) is 12.7. The fourth-order valence-corrected chi connectivity index (χ4v) is 2.26. The fraction of sp³-hybridized carbons (Fsp3) is 0.625. The lowest BCUT2D eigenvalue weighted by molar-refractivity contribution is 0.152. The molecule has 0 aromatic heterocycles. The molecule has 0 amide bonds. The number of ether oxygens (including phenoxy) is 1. The van der Waals surface area contributed by atoms with E-state index < -0.39 is 0 Å². The summed E-state index contributed by atoms with van der Waals surface area (Å²) in [5.74, 6) is 0.284. The molecule has 0 heterocycles. The number of hydrogen-bond donors (Lipinski definition) is 2. The number of aliphatic hydroxyl groups is 1. The van der Waals surface area contributed by atoms with Gasteiger partial charge in [0.25, 0.3) is 0 Å². The molecule has 0 aliphatic carbocycles. The standard InChI is InChI=1S/C16H26FNO2/c1-13(2)18-16(3,12-19)9-4-5-10-20-15-8-6-7-14(17)11-15/h6-8,11,13,18-19H,4-5,9-10,12H2,1-3H3. The SMILES string of the molecule is CC(C)NC(C)(CO)CCCCOc1cccc(F)c1. The van der Waals surface area contributed by atoms with Crippen LogP contribution in [-0.2, 0) is 0 Å². The third kappa shape index (κ3) is 6.35. The van der Waals surface area contributed by atoms with Crippen LogP contribution in [0.5, 0.6) is 5.75 Å². The Balaban J connectivity index is 2.24. The number of halogens is 1. The summed E-state index contributed by atoms with van der Waals surface area (Å²) in [6.07, 6.45) is 2.71. The molecule has 2 N–H and O–H groups in total. The van der Waals surface area contributed by atoms with Crippen LogP contribution in [0.15, 0.2) is 24.3 Å². The largest absolute Gasteiger partial charge is 0.493 e. The minimum Gasteiger partial charge on any atom is -0.493 e. The number of aliphatic hydroxyl groups excluding tert-OH is 1. The Hall–Kier alpha value is -1.13. The summed E-state index contributed by atoms with van der Waals surface area (Å²) in [6.45, 7) is 6.85. The maximum absolute atomic E-state index is 12.9. The van der Waals surface area contributed by atoms with E-state index in [1.165, 1.54) is 12.1 Å². The van der Waals surface area contributed by atoms with Crippen molar-refractivity contribution in [1.82, 2.24) is 5.32 Å². The van der Waals surface area contributed by atoms with E-state index in [9.17, 15) is 9.50 Å². The molecule has 114 valence electrons. The van der Waals surface area contributed by atoms with Gasteiger partial charge in [-0.1, -0.05) is 19.9 Å². The average Bonchev–Trinajstić information content (AvgIpc) is 2.37. The van der Waals surface area contributed by atoms with E-state index in [0.717, 1.165) is 19.3 Å². The second-order valence-electron chi connectivity index (χ2n) is 5.78. The summed E-state index contributed by atoms with van der Waals surface area (Å²) in [7, 11) is 0. The Morgan fingerprint density at radius 2 is 2.10 bits per heavy atom. The van der Waals surface area contributed by atoms with Crippen molar-refractivity contribution in [3.8, 4) is 5.75 Å². The Bertz CT molecular complexity index is 398. The van der Waals surface area contributed by atoms with Crippen LogP contribution < -0.4 is 10.1 Å². The minimum atomic E-state index is -0.281. The summed E-state index contributed by atoms with van der Waals surface area (Å²) in [4.78, 5) is 0. The van der Waals surface area contributed by atoms with E-state index in [0.29, 0.717) is 18.4 Å². The summed E-state index contributed by atoms with van der Waals surface area (Å²) >= 11 is 0. The molecule has 0 saturated heterocycles. The molecule has 1 atom stereocenters. The van der Waals surface area contributed by atoms with Crippen molar-refractivity contribution >= 4 is 0 Å². The summed E-state index contributed by atoms with van der Waals surface area (Å²) in [5.41, 5.74) is -0.243. The van der Waals surface area contributed by atoms with E-state index in [4.69, 9.17) is 4.74 Å². The van der Waals surface area contributed by atoms with Gasteiger partial charge in [0.1, 0.15) is 11.6 Å². The first-order valence-electron chi connectivity index (χ1n) is 7.22. The van der Waals surface area contributed by atoms with Gasteiger partial charge in [0.2, 0.25) is 0 Å². The fourth-order valence-electron chi connectivity index (χ4n) is 2.26. The molecule has 20 heavy (non-hydrogen) atoms. The van der Waals surface area contributed by atoms with Crippen molar-refractivity contribution in [2.75, 3.05) is 13.2 Å². The van der Waals surface area contributed by atoms with E-state index in [1.54, 1.807) is 12.1 Å². The molecule has 1 aromatic carbocycles. The van der Waals surface area contributed by atoms with Crippen LogP contribution in [0, 0.1) is 5.82 Å². The maximum Gasteiger partial charge on any atom is 0.126 e. The lowest BCUT2D eigenvalue weighted by Gasteiger charge is -2.31. The smallest absolute Gasteiger partial charge is 0.126 e.